The fraction of sp³-hybridized carbons (Fsp3) is 0.741. The van der Waals surface area contributed by atoms with Crippen molar-refractivity contribution in [3.8, 4) is 0 Å². The zero-order valence-electron chi connectivity index (χ0n) is 42.0. The number of ether oxygens (including phenoxy) is 3. The van der Waals surface area contributed by atoms with Crippen molar-refractivity contribution in [2.75, 3.05) is 13.2 Å². The summed E-state index contributed by atoms with van der Waals surface area (Å²) in [5.41, 5.74) is 0. The lowest BCUT2D eigenvalue weighted by atomic mass is 10.0. The summed E-state index contributed by atoms with van der Waals surface area (Å²) in [6.45, 7) is 6.48. The van der Waals surface area contributed by atoms with Gasteiger partial charge in [-0.15, -0.1) is 0 Å². The molecule has 0 amide bonds. The zero-order chi connectivity index (χ0) is 46.5. The fourth-order valence-corrected chi connectivity index (χ4v) is 7.40. The Kier molecular flexibility index (Phi) is 49.9. The van der Waals surface area contributed by atoms with E-state index in [9.17, 15) is 14.4 Å². The summed E-state index contributed by atoms with van der Waals surface area (Å²) in [5, 5.41) is 0. The number of carbonyl (C=O) groups is 3. The van der Waals surface area contributed by atoms with Crippen LogP contribution in [0.2, 0.25) is 0 Å². The van der Waals surface area contributed by atoms with E-state index in [1.807, 2.05) is 0 Å². The second-order valence-corrected chi connectivity index (χ2v) is 17.8. The molecule has 6 heteroatoms. The number of carbonyl (C=O) groups excluding carboxylic acids is 3. The monoisotopic (exact) mass is 893 g/mol. The lowest BCUT2D eigenvalue weighted by Gasteiger charge is -2.18. The zero-order valence-corrected chi connectivity index (χ0v) is 42.0. The van der Waals surface area contributed by atoms with Crippen LogP contribution in [0.15, 0.2) is 72.9 Å². The second-order valence-electron chi connectivity index (χ2n) is 17.8. The van der Waals surface area contributed by atoms with Gasteiger partial charge in [0.05, 0.1) is 0 Å². The van der Waals surface area contributed by atoms with Crippen molar-refractivity contribution in [2.24, 2.45) is 0 Å². The maximum atomic E-state index is 12.8. The van der Waals surface area contributed by atoms with E-state index >= 15 is 0 Å². The van der Waals surface area contributed by atoms with Gasteiger partial charge in [-0.3, -0.25) is 14.4 Å². The molecule has 0 fully saturated rings. The van der Waals surface area contributed by atoms with Gasteiger partial charge in [0.2, 0.25) is 0 Å². The van der Waals surface area contributed by atoms with E-state index in [0.29, 0.717) is 19.3 Å². The lowest BCUT2D eigenvalue weighted by molar-refractivity contribution is -0.167. The average Bonchev–Trinajstić information content (AvgIpc) is 3.29. The first-order chi connectivity index (χ1) is 31.5. The number of hydrogen-bond donors (Lipinski definition) is 0. The summed E-state index contributed by atoms with van der Waals surface area (Å²) in [6.07, 6.45) is 66.0. The highest BCUT2D eigenvalue weighted by Gasteiger charge is 2.19. The predicted molar refractivity (Wildman–Crippen MR) is 274 cm³/mol. The minimum atomic E-state index is -0.790. The molecule has 0 aliphatic heterocycles. The summed E-state index contributed by atoms with van der Waals surface area (Å²) >= 11 is 0. The molecule has 0 aliphatic carbocycles. The molecule has 0 rings (SSSR count). The largest absolute Gasteiger partial charge is 0.462 e. The summed E-state index contributed by atoms with van der Waals surface area (Å²) in [4.78, 5) is 38.0. The van der Waals surface area contributed by atoms with E-state index < -0.39 is 6.10 Å². The maximum Gasteiger partial charge on any atom is 0.306 e. The van der Waals surface area contributed by atoms with Crippen LogP contribution in [0.5, 0.6) is 0 Å². The Bertz CT molecular complexity index is 1210. The van der Waals surface area contributed by atoms with Gasteiger partial charge < -0.3 is 14.2 Å². The quantitative estimate of drug-likeness (QED) is 0.0262. The fourth-order valence-electron chi connectivity index (χ4n) is 7.40. The van der Waals surface area contributed by atoms with Crippen molar-refractivity contribution in [1.82, 2.24) is 0 Å². The van der Waals surface area contributed by atoms with Gasteiger partial charge in [0.15, 0.2) is 6.10 Å². The molecule has 0 aromatic heterocycles. The average molecular weight is 893 g/mol. The number of hydrogen-bond acceptors (Lipinski definition) is 6. The van der Waals surface area contributed by atoms with E-state index in [1.54, 1.807) is 0 Å². The van der Waals surface area contributed by atoms with Crippen LogP contribution in [0.1, 0.15) is 258 Å². The van der Waals surface area contributed by atoms with Gasteiger partial charge in [0.25, 0.3) is 0 Å². The minimum absolute atomic E-state index is 0.0887. The standard InChI is InChI=1S/C58H100O6/c1-4-7-10-13-16-19-22-25-27-28-29-30-31-34-36-39-42-45-48-51-57(60)63-54-55(53-62-56(59)50-47-44-41-38-35-32-24-21-18-15-12-9-6-3)64-58(61)52-49-46-43-40-37-33-26-23-20-17-14-11-8-5-2/h7,10,16,19,21,24-25,27,29-30,34,36,55H,4-6,8-9,11-15,17-18,20,22-23,26,28,31-33,35,37-54H2,1-3H3/b10-7-,19-16-,24-21-,27-25-,30-29-,36-34-. The maximum absolute atomic E-state index is 12.8. The van der Waals surface area contributed by atoms with Crippen molar-refractivity contribution < 1.29 is 28.6 Å². The van der Waals surface area contributed by atoms with Crippen LogP contribution in [-0.2, 0) is 28.6 Å². The van der Waals surface area contributed by atoms with Crippen molar-refractivity contribution in [1.29, 1.82) is 0 Å². The third-order valence-corrected chi connectivity index (χ3v) is 11.4. The van der Waals surface area contributed by atoms with E-state index in [0.717, 1.165) is 103 Å². The molecule has 0 spiro atoms. The lowest BCUT2D eigenvalue weighted by Crippen LogP contribution is -2.30. The molecule has 0 N–H and O–H groups in total. The molecular formula is C58H100O6. The predicted octanol–water partition coefficient (Wildman–Crippen LogP) is 17.8. The molecular weight excluding hydrogens is 793 g/mol. The molecule has 0 saturated carbocycles. The number of rotatable bonds is 48. The van der Waals surface area contributed by atoms with E-state index in [1.165, 1.54) is 116 Å². The van der Waals surface area contributed by atoms with Gasteiger partial charge in [0.1, 0.15) is 13.2 Å². The number of allylic oxidation sites excluding steroid dienone is 12. The van der Waals surface area contributed by atoms with Crippen molar-refractivity contribution in [3.63, 3.8) is 0 Å². The van der Waals surface area contributed by atoms with Crippen LogP contribution in [0.25, 0.3) is 0 Å². The van der Waals surface area contributed by atoms with Gasteiger partial charge in [-0.25, -0.2) is 0 Å². The molecule has 64 heavy (non-hydrogen) atoms. The smallest absolute Gasteiger partial charge is 0.306 e. The van der Waals surface area contributed by atoms with Gasteiger partial charge >= 0.3 is 17.9 Å². The first-order valence-corrected chi connectivity index (χ1v) is 26.9. The van der Waals surface area contributed by atoms with Crippen molar-refractivity contribution in [3.05, 3.63) is 72.9 Å². The SMILES string of the molecule is CC/C=C\C/C=C\C/C=C\C/C=C\C/C=C\CCCCCC(=O)OCC(COC(=O)CCCCCCC/C=C\CCCCCC)OC(=O)CCCCCCCCCCCCCCCC. The summed E-state index contributed by atoms with van der Waals surface area (Å²) < 4.78 is 16.8. The Morgan fingerprint density at radius 3 is 1.00 bits per heavy atom. The van der Waals surface area contributed by atoms with Gasteiger partial charge in [0, 0.05) is 19.3 Å². The summed E-state index contributed by atoms with van der Waals surface area (Å²) in [7, 11) is 0. The highest BCUT2D eigenvalue weighted by molar-refractivity contribution is 5.71. The van der Waals surface area contributed by atoms with Crippen LogP contribution in [0.4, 0.5) is 0 Å². The molecule has 0 heterocycles. The van der Waals surface area contributed by atoms with Crippen LogP contribution in [-0.4, -0.2) is 37.2 Å². The normalized spacial score (nSPS) is 12.6. The molecule has 1 atom stereocenters. The molecule has 368 valence electrons. The third kappa shape index (κ3) is 49.9. The Balaban J connectivity index is 4.43. The molecule has 0 aromatic rings. The first-order valence-electron chi connectivity index (χ1n) is 26.9. The Hall–Kier alpha value is -3.15. The second kappa shape index (κ2) is 52.5. The molecule has 0 radical (unpaired) electrons. The number of unbranched alkanes of at least 4 members (excludes halogenated alkanes) is 25. The highest BCUT2D eigenvalue weighted by Crippen LogP contribution is 2.15. The molecule has 1 unspecified atom stereocenters. The van der Waals surface area contributed by atoms with Crippen LogP contribution >= 0.6 is 0 Å². The molecule has 6 nitrogen and oxygen atoms in total. The summed E-state index contributed by atoms with van der Waals surface area (Å²) in [6, 6.07) is 0. The molecule has 0 aliphatic rings. The first kappa shape index (κ1) is 60.9. The van der Waals surface area contributed by atoms with Crippen molar-refractivity contribution >= 4 is 17.9 Å². The summed E-state index contributed by atoms with van der Waals surface area (Å²) in [5.74, 6) is -0.924. The van der Waals surface area contributed by atoms with E-state index in [2.05, 4.69) is 93.7 Å². The Labute approximate surface area is 395 Å². The highest BCUT2D eigenvalue weighted by atomic mass is 16.6. The van der Waals surface area contributed by atoms with Crippen LogP contribution in [0, 0.1) is 0 Å². The van der Waals surface area contributed by atoms with E-state index in [4.69, 9.17) is 14.2 Å². The third-order valence-electron chi connectivity index (χ3n) is 11.4. The van der Waals surface area contributed by atoms with Gasteiger partial charge in [-0.1, -0.05) is 222 Å². The van der Waals surface area contributed by atoms with Crippen LogP contribution < -0.4 is 0 Å². The van der Waals surface area contributed by atoms with Gasteiger partial charge in [-0.2, -0.15) is 0 Å². The minimum Gasteiger partial charge on any atom is -0.462 e. The van der Waals surface area contributed by atoms with E-state index in [-0.39, 0.29) is 31.1 Å². The van der Waals surface area contributed by atoms with Gasteiger partial charge in [-0.05, 0) is 89.9 Å². The molecule has 0 aromatic carbocycles. The Morgan fingerprint density at radius 1 is 0.328 bits per heavy atom. The molecule has 0 bridgehead atoms. The molecule has 0 saturated heterocycles. The van der Waals surface area contributed by atoms with Crippen molar-refractivity contribution in [2.45, 2.75) is 264 Å². The number of esters is 3. The topological polar surface area (TPSA) is 78.9 Å². The van der Waals surface area contributed by atoms with Crippen LogP contribution in [0.3, 0.4) is 0 Å². The Morgan fingerprint density at radius 2 is 0.609 bits per heavy atom.